The van der Waals surface area contributed by atoms with Gasteiger partial charge < -0.3 is 14.6 Å². The van der Waals surface area contributed by atoms with Crippen LogP contribution in [0.15, 0.2) is 11.6 Å². The van der Waals surface area contributed by atoms with Gasteiger partial charge in [0.05, 0.1) is 18.8 Å². The quantitative estimate of drug-likeness (QED) is 0.516. The van der Waals surface area contributed by atoms with Gasteiger partial charge in [0.1, 0.15) is 0 Å². The van der Waals surface area contributed by atoms with Crippen molar-refractivity contribution in [2.24, 2.45) is 46.3 Å². The van der Waals surface area contributed by atoms with Crippen LogP contribution in [0.3, 0.4) is 0 Å². The van der Waals surface area contributed by atoms with Crippen molar-refractivity contribution in [3.63, 3.8) is 0 Å². The van der Waals surface area contributed by atoms with Gasteiger partial charge in [0.15, 0.2) is 5.79 Å². The normalized spacial score (nSPS) is 59.8. The zero-order valence-electron chi connectivity index (χ0n) is 19.5. The molecule has 2 aliphatic heterocycles. The lowest BCUT2D eigenvalue weighted by Crippen LogP contribution is -2.52. The number of aliphatic hydroxyl groups is 1. The second-order valence-electron chi connectivity index (χ2n) is 12.7. The highest BCUT2D eigenvalue weighted by Crippen LogP contribution is 2.70. The van der Waals surface area contributed by atoms with Crippen LogP contribution in [0.4, 0.5) is 0 Å². The molecule has 5 fully saturated rings. The van der Waals surface area contributed by atoms with Gasteiger partial charge in [-0.2, -0.15) is 0 Å². The lowest BCUT2D eigenvalue weighted by molar-refractivity contribution is -0.272. The Morgan fingerprint density at radius 3 is 2.63 bits per heavy atom. The molecule has 2 saturated heterocycles. The molecule has 2 heterocycles. The van der Waals surface area contributed by atoms with Gasteiger partial charge in [0.25, 0.3) is 0 Å². The Morgan fingerprint density at radius 2 is 1.87 bits per heavy atom. The van der Waals surface area contributed by atoms with Crippen molar-refractivity contribution in [1.82, 2.24) is 0 Å². The van der Waals surface area contributed by atoms with E-state index in [1.807, 2.05) is 0 Å². The summed E-state index contributed by atoms with van der Waals surface area (Å²) >= 11 is 0. The number of ether oxygens (including phenoxy) is 2. The Kier molecular flexibility index (Phi) is 4.44. The Labute approximate surface area is 183 Å². The molecule has 0 amide bonds. The highest BCUT2D eigenvalue weighted by molar-refractivity contribution is 5.26. The minimum absolute atomic E-state index is 0.107. The van der Waals surface area contributed by atoms with E-state index in [1.165, 1.54) is 38.5 Å². The number of rotatable bonds is 0. The van der Waals surface area contributed by atoms with Gasteiger partial charge in [-0.05, 0) is 91.8 Å². The number of allylic oxidation sites excluding steroid dienone is 1. The smallest absolute Gasteiger partial charge is 0.171 e. The van der Waals surface area contributed by atoms with Crippen molar-refractivity contribution in [2.75, 3.05) is 6.61 Å². The van der Waals surface area contributed by atoms with Crippen molar-refractivity contribution in [2.45, 2.75) is 103 Å². The minimum Gasteiger partial charge on any atom is -0.393 e. The van der Waals surface area contributed by atoms with E-state index in [0.29, 0.717) is 34.7 Å². The van der Waals surface area contributed by atoms with Crippen molar-refractivity contribution in [1.29, 1.82) is 0 Å². The first kappa shape index (κ1) is 20.2. The van der Waals surface area contributed by atoms with Crippen LogP contribution in [0.5, 0.6) is 0 Å². The summed E-state index contributed by atoms with van der Waals surface area (Å²) in [6.45, 7) is 10.8. The molecule has 6 rings (SSSR count). The molecule has 0 radical (unpaired) electrons. The van der Waals surface area contributed by atoms with Gasteiger partial charge in [-0.3, -0.25) is 0 Å². The molecule has 4 aliphatic carbocycles. The molecule has 0 aromatic rings. The molecule has 3 saturated carbocycles. The SMILES string of the molecule is C[C@H]1CC[C@]2(OC1)O[C@@H]1C[C@@H]3[C@H]4CC=C5C[C@H](O)CC[C@@]5(C)[C@@H]4CC[C@@]3(C)[C@@H]1[C@H]2C. The van der Waals surface area contributed by atoms with E-state index in [-0.39, 0.29) is 11.9 Å². The van der Waals surface area contributed by atoms with Gasteiger partial charge in [-0.15, -0.1) is 0 Å². The predicted molar refractivity (Wildman–Crippen MR) is 118 cm³/mol. The molecule has 30 heavy (non-hydrogen) atoms. The fraction of sp³-hybridized carbons (Fsp3) is 0.926. The Bertz CT molecular complexity index is 736. The van der Waals surface area contributed by atoms with Gasteiger partial charge in [-0.25, -0.2) is 0 Å². The molecule has 0 unspecified atom stereocenters. The Morgan fingerprint density at radius 1 is 1.03 bits per heavy atom. The summed E-state index contributed by atoms with van der Waals surface area (Å²) in [5, 5.41) is 10.3. The van der Waals surface area contributed by atoms with Crippen LogP contribution in [-0.2, 0) is 9.47 Å². The largest absolute Gasteiger partial charge is 0.393 e. The monoisotopic (exact) mass is 414 g/mol. The van der Waals surface area contributed by atoms with Gasteiger partial charge >= 0.3 is 0 Å². The van der Waals surface area contributed by atoms with Crippen LogP contribution in [0, 0.1) is 46.3 Å². The number of fused-ring (bicyclic) bond motifs is 7. The summed E-state index contributed by atoms with van der Waals surface area (Å²) in [6.07, 6.45) is 13.5. The van der Waals surface area contributed by atoms with Gasteiger partial charge in [0, 0.05) is 12.3 Å². The minimum atomic E-state index is -0.294. The molecule has 0 aromatic carbocycles. The van der Waals surface area contributed by atoms with Crippen LogP contribution in [0.2, 0.25) is 0 Å². The molecular weight excluding hydrogens is 372 g/mol. The van der Waals surface area contributed by atoms with E-state index in [0.717, 1.165) is 43.6 Å². The molecule has 3 heteroatoms. The Balaban J connectivity index is 1.28. The molecular formula is C27H42O3. The Hall–Kier alpha value is -0.380. The highest BCUT2D eigenvalue weighted by Gasteiger charge is 2.68. The first-order chi connectivity index (χ1) is 14.3. The third kappa shape index (κ3) is 2.55. The molecule has 0 aromatic heterocycles. The van der Waals surface area contributed by atoms with Gasteiger partial charge in [-0.1, -0.05) is 39.3 Å². The maximum Gasteiger partial charge on any atom is 0.171 e. The zero-order valence-corrected chi connectivity index (χ0v) is 19.5. The third-order valence-corrected chi connectivity index (χ3v) is 11.3. The number of hydrogen-bond donors (Lipinski definition) is 1. The third-order valence-electron chi connectivity index (χ3n) is 11.3. The summed E-state index contributed by atoms with van der Waals surface area (Å²) in [6, 6.07) is 0. The highest BCUT2D eigenvalue weighted by atomic mass is 16.7. The summed E-state index contributed by atoms with van der Waals surface area (Å²) in [5.41, 5.74) is 2.31. The lowest BCUT2D eigenvalue weighted by atomic mass is 9.47. The van der Waals surface area contributed by atoms with Crippen LogP contribution in [0.25, 0.3) is 0 Å². The van der Waals surface area contributed by atoms with Crippen molar-refractivity contribution >= 4 is 0 Å². The summed E-state index contributed by atoms with van der Waals surface area (Å²) in [7, 11) is 0. The molecule has 3 nitrogen and oxygen atoms in total. The summed E-state index contributed by atoms with van der Waals surface area (Å²) in [5.74, 6) is 3.94. The van der Waals surface area contributed by atoms with Crippen LogP contribution in [-0.4, -0.2) is 29.7 Å². The molecule has 168 valence electrons. The van der Waals surface area contributed by atoms with Crippen molar-refractivity contribution < 1.29 is 14.6 Å². The van der Waals surface area contributed by atoms with E-state index in [4.69, 9.17) is 9.47 Å². The van der Waals surface area contributed by atoms with E-state index in [2.05, 4.69) is 33.8 Å². The van der Waals surface area contributed by atoms with E-state index >= 15 is 0 Å². The molecule has 11 atom stereocenters. The van der Waals surface area contributed by atoms with Crippen LogP contribution >= 0.6 is 0 Å². The van der Waals surface area contributed by atoms with E-state index < -0.39 is 0 Å². The lowest BCUT2D eigenvalue weighted by Gasteiger charge is -2.58. The standard InChI is InChI=1S/C27H42O3/c1-16-7-12-27(29-15-16)17(2)24-23(30-27)14-22-20-6-5-18-13-19(28)8-10-25(18,3)21(20)9-11-26(22,24)4/h5,16-17,19-24,28H,6-15H2,1-4H3/t16-,17+,19+,20-,21+,22+,23+,24+,25+,26+,27-/m0/s1. The first-order valence-corrected chi connectivity index (χ1v) is 13.0. The van der Waals surface area contributed by atoms with Crippen LogP contribution in [0.1, 0.15) is 85.5 Å². The fourth-order valence-electron chi connectivity index (χ4n) is 9.66. The molecule has 1 N–H and O–H groups in total. The van der Waals surface area contributed by atoms with Crippen molar-refractivity contribution in [3.05, 3.63) is 11.6 Å². The zero-order chi connectivity index (χ0) is 20.9. The maximum atomic E-state index is 10.3. The fourth-order valence-corrected chi connectivity index (χ4v) is 9.66. The molecule has 1 spiro atoms. The molecule has 0 bridgehead atoms. The second kappa shape index (κ2) is 6.58. The van der Waals surface area contributed by atoms with E-state index in [9.17, 15) is 5.11 Å². The number of hydrogen-bond acceptors (Lipinski definition) is 3. The topological polar surface area (TPSA) is 38.7 Å². The van der Waals surface area contributed by atoms with Crippen molar-refractivity contribution in [3.8, 4) is 0 Å². The number of aliphatic hydroxyl groups excluding tert-OH is 1. The molecule has 6 aliphatic rings. The second-order valence-corrected chi connectivity index (χ2v) is 12.7. The van der Waals surface area contributed by atoms with E-state index in [1.54, 1.807) is 5.57 Å². The van der Waals surface area contributed by atoms with Crippen LogP contribution < -0.4 is 0 Å². The average Bonchev–Trinajstić information content (AvgIpc) is 3.16. The van der Waals surface area contributed by atoms with Gasteiger partial charge in [0.2, 0.25) is 0 Å². The summed E-state index contributed by atoms with van der Waals surface area (Å²) in [4.78, 5) is 0. The average molecular weight is 415 g/mol. The first-order valence-electron chi connectivity index (χ1n) is 13.0. The predicted octanol–water partition coefficient (Wildman–Crippen LogP) is 5.71. The maximum absolute atomic E-state index is 10.3. The summed E-state index contributed by atoms with van der Waals surface area (Å²) < 4.78 is 13.3.